The van der Waals surface area contributed by atoms with Crippen molar-refractivity contribution in [3.63, 3.8) is 0 Å². The summed E-state index contributed by atoms with van der Waals surface area (Å²) in [6, 6.07) is 0.934. The van der Waals surface area contributed by atoms with Crippen molar-refractivity contribution in [2.24, 2.45) is 15.0 Å². The Bertz CT molecular complexity index is 738. The average molecular weight is 365 g/mol. The molecule has 0 aromatic heterocycles. The van der Waals surface area contributed by atoms with Crippen molar-refractivity contribution in [1.29, 1.82) is 0 Å². The van der Waals surface area contributed by atoms with Gasteiger partial charge in [-0.3, -0.25) is 15.0 Å². The third kappa shape index (κ3) is 3.07. The van der Waals surface area contributed by atoms with Gasteiger partial charge in [-0.25, -0.2) is 0 Å². The minimum Gasteiger partial charge on any atom is -0.383 e. The number of fused-ring (bicyclic) bond motifs is 6. The monoisotopic (exact) mass is 365 g/mol. The van der Waals surface area contributed by atoms with Crippen LogP contribution in [0.3, 0.4) is 0 Å². The molecule has 0 amide bonds. The van der Waals surface area contributed by atoms with Gasteiger partial charge in [-0.1, -0.05) is 0 Å². The minimum absolute atomic E-state index is 0. The average Bonchev–Trinajstić information content (AvgIpc) is 3.28. The number of hydrogen-bond acceptors (Lipinski definition) is 4. The number of rotatable bonds is 0. The summed E-state index contributed by atoms with van der Waals surface area (Å²) < 4.78 is 0. The number of aliphatic imine (C=N–C) groups is 3. The van der Waals surface area contributed by atoms with Gasteiger partial charge in [0, 0.05) is 57.0 Å². The summed E-state index contributed by atoms with van der Waals surface area (Å²) in [5.74, 6) is 0. The van der Waals surface area contributed by atoms with E-state index in [1.54, 1.807) is 0 Å². The Hall–Kier alpha value is -1.46. The quantitative estimate of drug-likeness (QED) is 0.702. The Morgan fingerprint density at radius 3 is 2.25 bits per heavy atom. The Morgan fingerprint density at radius 1 is 0.750 bits per heavy atom. The summed E-state index contributed by atoms with van der Waals surface area (Å²) in [5, 5.41) is 3.71. The molecule has 2 atom stereocenters. The van der Waals surface area contributed by atoms with E-state index in [4.69, 9.17) is 15.0 Å². The molecule has 1 N–H and O–H groups in total. The maximum atomic E-state index is 4.98. The summed E-state index contributed by atoms with van der Waals surface area (Å²) in [6.45, 7) is 0. The first-order valence-electron chi connectivity index (χ1n) is 8.92. The molecule has 5 heterocycles. The van der Waals surface area contributed by atoms with Crippen molar-refractivity contribution in [2.75, 3.05) is 0 Å². The van der Waals surface area contributed by atoms with Crippen LogP contribution in [0.4, 0.5) is 0 Å². The summed E-state index contributed by atoms with van der Waals surface area (Å²) in [6.07, 6.45) is 15.5. The number of nitrogens with zero attached hydrogens (tertiary/aromatic N) is 3. The van der Waals surface area contributed by atoms with E-state index < -0.39 is 0 Å². The molecule has 2 unspecified atom stereocenters. The smallest absolute Gasteiger partial charge is 0.0707 e. The molecule has 5 aliphatic heterocycles. The largest absolute Gasteiger partial charge is 0.383 e. The molecule has 1 radical (unpaired) electrons. The topological polar surface area (TPSA) is 49.1 Å². The fourth-order valence-electron chi connectivity index (χ4n) is 4.24. The van der Waals surface area contributed by atoms with Gasteiger partial charge in [-0.05, 0) is 69.6 Å². The van der Waals surface area contributed by atoms with E-state index in [-0.39, 0.29) is 16.8 Å². The van der Waals surface area contributed by atoms with Crippen molar-refractivity contribution in [1.82, 2.24) is 5.32 Å². The molecule has 0 saturated carbocycles. The third-order valence-electron chi connectivity index (χ3n) is 5.44. The normalized spacial score (nSPS) is 37.2. The molecular formula is C19H22CoN4. The summed E-state index contributed by atoms with van der Waals surface area (Å²) in [7, 11) is 0. The molecule has 24 heavy (non-hydrogen) atoms. The van der Waals surface area contributed by atoms with Crippen molar-refractivity contribution >= 4 is 17.1 Å². The molecule has 5 rings (SSSR count). The van der Waals surface area contributed by atoms with Gasteiger partial charge in [0.2, 0.25) is 0 Å². The number of hydrogen-bond donors (Lipinski definition) is 1. The molecule has 1 fully saturated rings. The van der Waals surface area contributed by atoms with E-state index in [1.807, 2.05) is 0 Å². The Labute approximate surface area is 153 Å². The first kappa shape index (κ1) is 16.0. The van der Waals surface area contributed by atoms with Crippen LogP contribution in [0, 0.1) is 0 Å². The van der Waals surface area contributed by atoms with Gasteiger partial charge in [0.1, 0.15) is 0 Å². The van der Waals surface area contributed by atoms with E-state index >= 15 is 0 Å². The fourth-order valence-corrected chi connectivity index (χ4v) is 4.24. The Kier molecular flexibility index (Phi) is 4.31. The van der Waals surface area contributed by atoms with Crippen molar-refractivity contribution < 1.29 is 16.8 Å². The molecule has 1 saturated heterocycles. The number of nitrogens with one attached hydrogen (secondary N) is 1. The van der Waals surface area contributed by atoms with Crippen LogP contribution in [0.1, 0.15) is 51.4 Å². The van der Waals surface area contributed by atoms with Crippen LogP contribution in [0.25, 0.3) is 0 Å². The Balaban J connectivity index is 0.00000146. The molecule has 0 spiro atoms. The first-order valence-corrected chi connectivity index (χ1v) is 8.92. The molecule has 0 aromatic rings. The van der Waals surface area contributed by atoms with E-state index in [1.165, 1.54) is 47.1 Å². The van der Waals surface area contributed by atoms with Gasteiger partial charge in [0.25, 0.3) is 0 Å². The SMILES string of the molecule is C1=C2/CCC(=N2)/C=C2/CCC(N2)C2CCC(=N2)/C=C2/CCC/1=N2.[Co]. The predicted octanol–water partition coefficient (Wildman–Crippen LogP) is 3.47. The van der Waals surface area contributed by atoms with Gasteiger partial charge in [0.05, 0.1) is 6.04 Å². The van der Waals surface area contributed by atoms with E-state index in [0.29, 0.717) is 12.1 Å². The van der Waals surface area contributed by atoms with Crippen molar-refractivity contribution in [3.05, 3.63) is 35.3 Å². The molecule has 5 heteroatoms. The van der Waals surface area contributed by atoms with Crippen LogP contribution in [0.5, 0.6) is 0 Å². The molecule has 0 aliphatic carbocycles. The van der Waals surface area contributed by atoms with Crippen LogP contribution in [-0.4, -0.2) is 29.2 Å². The van der Waals surface area contributed by atoms with E-state index in [9.17, 15) is 0 Å². The van der Waals surface area contributed by atoms with Crippen LogP contribution in [0.15, 0.2) is 50.3 Å². The summed E-state index contributed by atoms with van der Waals surface area (Å²) in [5.41, 5.74) is 7.41. The van der Waals surface area contributed by atoms with Gasteiger partial charge < -0.3 is 5.32 Å². The van der Waals surface area contributed by atoms with E-state index in [2.05, 4.69) is 23.5 Å². The minimum atomic E-state index is 0. The fraction of sp³-hybridized carbons (Fsp3) is 0.526. The molecule has 5 aliphatic rings. The maximum absolute atomic E-state index is 4.98. The Morgan fingerprint density at radius 2 is 1.46 bits per heavy atom. The zero-order valence-electron chi connectivity index (χ0n) is 13.7. The van der Waals surface area contributed by atoms with Crippen LogP contribution >= 0.6 is 0 Å². The van der Waals surface area contributed by atoms with Gasteiger partial charge in [0.15, 0.2) is 0 Å². The molecule has 127 valence electrons. The van der Waals surface area contributed by atoms with Crippen LogP contribution in [0.2, 0.25) is 0 Å². The second kappa shape index (κ2) is 6.45. The second-order valence-corrected chi connectivity index (χ2v) is 7.16. The standard InChI is InChI=1S/C19H22N4.Co/c1-3-14-10-16-5-7-18(22-16)19-8-6-17(23-19)11-15-4-2-13(21-15)9-12(1)20-14;/h9-11,18-19,22H,1-8H2;/b12-9-,15-11-,16-10-;. The zero-order valence-corrected chi connectivity index (χ0v) is 14.8. The third-order valence-corrected chi connectivity index (χ3v) is 5.44. The zero-order chi connectivity index (χ0) is 15.2. The molecular weight excluding hydrogens is 343 g/mol. The molecule has 8 bridgehead atoms. The first-order chi connectivity index (χ1) is 11.3. The number of allylic oxidation sites excluding steroid dienone is 6. The van der Waals surface area contributed by atoms with Crippen LogP contribution < -0.4 is 5.32 Å². The van der Waals surface area contributed by atoms with Gasteiger partial charge >= 0.3 is 0 Å². The summed E-state index contributed by atoms with van der Waals surface area (Å²) in [4.78, 5) is 14.6. The summed E-state index contributed by atoms with van der Waals surface area (Å²) >= 11 is 0. The van der Waals surface area contributed by atoms with Crippen LogP contribution in [-0.2, 0) is 16.8 Å². The maximum Gasteiger partial charge on any atom is 0.0707 e. The van der Waals surface area contributed by atoms with Crippen molar-refractivity contribution in [3.8, 4) is 0 Å². The van der Waals surface area contributed by atoms with Crippen molar-refractivity contribution in [2.45, 2.75) is 63.5 Å². The molecule has 0 aromatic carbocycles. The second-order valence-electron chi connectivity index (χ2n) is 7.16. The van der Waals surface area contributed by atoms with Gasteiger partial charge in [-0.15, -0.1) is 0 Å². The molecule has 4 nitrogen and oxygen atoms in total. The van der Waals surface area contributed by atoms with E-state index in [0.717, 1.165) is 38.5 Å². The predicted molar refractivity (Wildman–Crippen MR) is 94.2 cm³/mol. The van der Waals surface area contributed by atoms with Gasteiger partial charge in [-0.2, -0.15) is 0 Å².